The van der Waals surface area contributed by atoms with Crippen LogP contribution in [-0.4, -0.2) is 25.1 Å². The van der Waals surface area contributed by atoms with Crippen molar-refractivity contribution >= 4 is 17.1 Å². The van der Waals surface area contributed by atoms with Crippen molar-refractivity contribution in [3.8, 4) is 0 Å². The second-order valence-electron chi connectivity index (χ2n) is 5.65. The number of anilines is 1. The van der Waals surface area contributed by atoms with Crippen LogP contribution in [0, 0.1) is 5.92 Å². The fraction of sp³-hybridized carbons (Fsp3) is 0.615. The first kappa shape index (κ1) is 13.0. The molecule has 7 nitrogen and oxygen atoms in total. The molecule has 0 amide bonds. The number of imidazole rings is 1. The molecular formula is C13H19N5O2. The van der Waals surface area contributed by atoms with E-state index in [0.717, 1.165) is 11.0 Å². The predicted octanol–water partition coefficient (Wildman–Crippen LogP) is 0.561. The normalized spacial score (nSPS) is 22.6. The van der Waals surface area contributed by atoms with Gasteiger partial charge in [0.15, 0.2) is 11.2 Å². The van der Waals surface area contributed by atoms with Crippen LogP contribution in [0.1, 0.15) is 26.2 Å². The SMILES string of the molecule is CC1CCCC1Nc1nc2c([nH]1)c(=O)n(C)c(=O)n2C. The fourth-order valence-electron chi connectivity index (χ4n) is 2.93. The number of aromatic amines is 1. The Kier molecular flexibility index (Phi) is 2.92. The van der Waals surface area contributed by atoms with Crippen LogP contribution in [0.15, 0.2) is 9.59 Å². The minimum Gasteiger partial charge on any atom is -0.353 e. The van der Waals surface area contributed by atoms with E-state index in [9.17, 15) is 9.59 Å². The highest BCUT2D eigenvalue weighted by Gasteiger charge is 2.24. The Morgan fingerprint density at radius 2 is 2.00 bits per heavy atom. The molecule has 0 aliphatic heterocycles. The number of nitrogens with zero attached hydrogens (tertiary/aromatic N) is 3. The molecule has 0 aromatic carbocycles. The van der Waals surface area contributed by atoms with E-state index < -0.39 is 0 Å². The Morgan fingerprint density at radius 1 is 1.25 bits per heavy atom. The van der Waals surface area contributed by atoms with Gasteiger partial charge in [0, 0.05) is 20.1 Å². The Bertz CT molecular complexity index is 769. The number of nitrogens with one attached hydrogen (secondary N) is 2. The van der Waals surface area contributed by atoms with Crippen LogP contribution in [-0.2, 0) is 14.1 Å². The zero-order valence-electron chi connectivity index (χ0n) is 11.9. The zero-order valence-corrected chi connectivity index (χ0v) is 11.9. The summed E-state index contributed by atoms with van der Waals surface area (Å²) in [6.45, 7) is 2.21. The van der Waals surface area contributed by atoms with E-state index >= 15 is 0 Å². The van der Waals surface area contributed by atoms with E-state index in [1.807, 2.05) is 0 Å². The lowest BCUT2D eigenvalue weighted by molar-refractivity contribution is 0.554. The Morgan fingerprint density at radius 3 is 2.65 bits per heavy atom. The molecule has 0 spiro atoms. The number of hydrogen-bond acceptors (Lipinski definition) is 4. The molecule has 108 valence electrons. The van der Waals surface area contributed by atoms with Crippen LogP contribution >= 0.6 is 0 Å². The monoisotopic (exact) mass is 277 g/mol. The van der Waals surface area contributed by atoms with Gasteiger partial charge in [-0.3, -0.25) is 13.9 Å². The first-order valence-corrected chi connectivity index (χ1v) is 6.91. The van der Waals surface area contributed by atoms with E-state index in [4.69, 9.17) is 0 Å². The van der Waals surface area contributed by atoms with Crippen molar-refractivity contribution in [2.75, 3.05) is 5.32 Å². The van der Waals surface area contributed by atoms with Crippen LogP contribution in [0.2, 0.25) is 0 Å². The highest BCUT2D eigenvalue weighted by Crippen LogP contribution is 2.27. The van der Waals surface area contributed by atoms with Gasteiger partial charge in [0.1, 0.15) is 0 Å². The molecular weight excluding hydrogens is 258 g/mol. The molecule has 2 unspecified atom stereocenters. The Balaban J connectivity index is 2.07. The number of rotatable bonds is 2. The lowest BCUT2D eigenvalue weighted by Crippen LogP contribution is -2.36. The quantitative estimate of drug-likeness (QED) is 0.840. The molecule has 1 aliphatic carbocycles. The first-order chi connectivity index (χ1) is 9.49. The smallest absolute Gasteiger partial charge is 0.332 e. The number of aromatic nitrogens is 4. The zero-order chi connectivity index (χ0) is 14.4. The maximum absolute atomic E-state index is 12.1. The topological polar surface area (TPSA) is 84.7 Å². The third kappa shape index (κ3) is 1.85. The number of aryl methyl sites for hydroxylation is 1. The van der Waals surface area contributed by atoms with Crippen LogP contribution in [0.4, 0.5) is 5.95 Å². The van der Waals surface area contributed by atoms with Crippen molar-refractivity contribution in [2.45, 2.75) is 32.2 Å². The molecule has 2 heterocycles. The summed E-state index contributed by atoms with van der Waals surface area (Å²) in [5.41, 5.74) is 0.0481. The van der Waals surface area contributed by atoms with Crippen molar-refractivity contribution in [3.05, 3.63) is 20.8 Å². The molecule has 1 fully saturated rings. The summed E-state index contributed by atoms with van der Waals surface area (Å²) in [5.74, 6) is 1.16. The van der Waals surface area contributed by atoms with Crippen molar-refractivity contribution in [3.63, 3.8) is 0 Å². The van der Waals surface area contributed by atoms with Crippen LogP contribution in [0.25, 0.3) is 11.2 Å². The standard InChI is InChI=1S/C13H19N5O2/c1-7-5-4-6-8(7)14-12-15-9-10(16-12)17(2)13(20)18(3)11(9)19/h7-8H,4-6H2,1-3H3,(H2,14,15,16). The van der Waals surface area contributed by atoms with Crippen LogP contribution < -0.4 is 16.6 Å². The summed E-state index contributed by atoms with van der Waals surface area (Å²) in [7, 11) is 3.09. The lowest BCUT2D eigenvalue weighted by Gasteiger charge is -2.15. The summed E-state index contributed by atoms with van der Waals surface area (Å²) < 4.78 is 2.47. The molecule has 0 radical (unpaired) electrons. The molecule has 7 heteroatoms. The summed E-state index contributed by atoms with van der Waals surface area (Å²) >= 11 is 0. The lowest BCUT2D eigenvalue weighted by atomic mass is 10.1. The van der Waals surface area contributed by atoms with Gasteiger partial charge in [0.05, 0.1) is 0 Å². The summed E-state index contributed by atoms with van der Waals surface area (Å²) in [6.07, 6.45) is 3.52. The largest absolute Gasteiger partial charge is 0.353 e. The molecule has 1 aliphatic rings. The van der Waals surface area contributed by atoms with Gasteiger partial charge in [-0.2, -0.15) is 4.98 Å². The average Bonchev–Trinajstić information content (AvgIpc) is 3.02. The molecule has 0 bridgehead atoms. The van der Waals surface area contributed by atoms with Gasteiger partial charge in [0.25, 0.3) is 5.56 Å². The molecule has 1 saturated carbocycles. The second-order valence-corrected chi connectivity index (χ2v) is 5.65. The molecule has 3 rings (SSSR count). The highest BCUT2D eigenvalue weighted by atomic mass is 16.2. The van der Waals surface area contributed by atoms with E-state index in [1.165, 1.54) is 24.5 Å². The summed E-state index contributed by atoms with van der Waals surface area (Å²) in [4.78, 5) is 31.3. The van der Waals surface area contributed by atoms with Gasteiger partial charge >= 0.3 is 5.69 Å². The number of hydrogen-bond donors (Lipinski definition) is 2. The minimum absolute atomic E-state index is 0.344. The fourth-order valence-corrected chi connectivity index (χ4v) is 2.93. The van der Waals surface area contributed by atoms with Crippen molar-refractivity contribution in [2.24, 2.45) is 20.0 Å². The van der Waals surface area contributed by atoms with Gasteiger partial charge in [0.2, 0.25) is 5.95 Å². The molecule has 20 heavy (non-hydrogen) atoms. The minimum atomic E-state index is -0.366. The second kappa shape index (κ2) is 4.50. The van der Waals surface area contributed by atoms with E-state index in [0.29, 0.717) is 29.1 Å². The highest BCUT2D eigenvalue weighted by molar-refractivity contribution is 5.72. The van der Waals surface area contributed by atoms with Crippen molar-refractivity contribution in [1.82, 2.24) is 19.1 Å². The molecule has 2 aromatic heterocycles. The third-order valence-corrected chi connectivity index (χ3v) is 4.28. The van der Waals surface area contributed by atoms with Crippen molar-refractivity contribution in [1.29, 1.82) is 0 Å². The van der Waals surface area contributed by atoms with Crippen molar-refractivity contribution < 1.29 is 0 Å². The van der Waals surface area contributed by atoms with E-state index in [2.05, 4.69) is 22.2 Å². The third-order valence-electron chi connectivity index (χ3n) is 4.28. The maximum Gasteiger partial charge on any atom is 0.332 e. The molecule has 2 atom stereocenters. The van der Waals surface area contributed by atoms with Gasteiger partial charge in [-0.25, -0.2) is 4.79 Å². The van der Waals surface area contributed by atoms with Gasteiger partial charge in [-0.05, 0) is 18.8 Å². The Labute approximate surface area is 115 Å². The maximum atomic E-state index is 12.1. The van der Waals surface area contributed by atoms with Crippen LogP contribution in [0.3, 0.4) is 0 Å². The number of fused-ring (bicyclic) bond motifs is 1. The molecule has 2 N–H and O–H groups in total. The molecule has 2 aromatic rings. The predicted molar refractivity (Wildman–Crippen MR) is 77.0 cm³/mol. The first-order valence-electron chi connectivity index (χ1n) is 6.91. The van der Waals surface area contributed by atoms with Crippen LogP contribution in [0.5, 0.6) is 0 Å². The number of H-pyrrole nitrogens is 1. The van der Waals surface area contributed by atoms with E-state index in [1.54, 1.807) is 7.05 Å². The van der Waals surface area contributed by atoms with Gasteiger partial charge in [-0.15, -0.1) is 0 Å². The van der Waals surface area contributed by atoms with Gasteiger partial charge < -0.3 is 10.3 Å². The average molecular weight is 277 g/mol. The Hall–Kier alpha value is -2.05. The van der Waals surface area contributed by atoms with E-state index in [-0.39, 0.29) is 11.2 Å². The summed E-state index contributed by atoms with van der Waals surface area (Å²) in [6, 6.07) is 0.372. The summed E-state index contributed by atoms with van der Waals surface area (Å²) in [5, 5.41) is 3.34. The van der Waals surface area contributed by atoms with Gasteiger partial charge in [-0.1, -0.05) is 13.3 Å². The molecule has 0 saturated heterocycles.